The van der Waals surface area contributed by atoms with Gasteiger partial charge in [-0.3, -0.25) is 4.79 Å². The predicted molar refractivity (Wildman–Crippen MR) is 85.8 cm³/mol. The predicted octanol–water partition coefficient (Wildman–Crippen LogP) is 3.25. The number of halogens is 1. The van der Waals surface area contributed by atoms with Crippen LogP contribution in [0.15, 0.2) is 18.2 Å². The summed E-state index contributed by atoms with van der Waals surface area (Å²) in [5, 5.41) is 4.27. The first-order valence-corrected chi connectivity index (χ1v) is 8.30. The van der Waals surface area contributed by atoms with Gasteiger partial charge in [-0.05, 0) is 62.8 Å². The van der Waals surface area contributed by atoms with Crippen LogP contribution in [0.4, 0.5) is 0 Å². The minimum atomic E-state index is 0.121. The molecule has 3 nitrogen and oxygen atoms in total. The van der Waals surface area contributed by atoms with Crippen molar-refractivity contribution in [3.05, 3.63) is 34.3 Å². The van der Waals surface area contributed by atoms with E-state index in [4.69, 9.17) is 11.6 Å². The summed E-state index contributed by atoms with van der Waals surface area (Å²) in [6.07, 6.45) is 4.88. The molecule has 0 bridgehead atoms. The van der Waals surface area contributed by atoms with E-state index in [1.54, 1.807) is 6.07 Å². The molecule has 0 spiro atoms. The summed E-state index contributed by atoms with van der Waals surface area (Å²) < 4.78 is 0. The van der Waals surface area contributed by atoms with Gasteiger partial charge in [0.25, 0.3) is 5.91 Å². The Hall–Kier alpha value is -1.06. The Labute approximate surface area is 131 Å². The van der Waals surface area contributed by atoms with Crippen molar-refractivity contribution >= 4 is 17.5 Å². The molecule has 1 amide bonds. The third kappa shape index (κ3) is 3.78. The van der Waals surface area contributed by atoms with E-state index in [0.29, 0.717) is 11.1 Å². The normalized spacial score (nSPS) is 19.8. The first-order valence-electron chi connectivity index (χ1n) is 7.92. The lowest BCUT2D eigenvalue weighted by Gasteiger charge is -2.33. The topological polar surface area (TPSA) is 32.3 Å². The molecule has 1 N–H and O–H groups in total. The Bertz CT molecular complexity index is 520. The molecular formula is C17H23ClN2O. The highest BCUT2D eigenvalue weighted by Gasteiger charge is 2.26. The number of amides is 1. The molecule has 1 aliphatic heterocycles. The summed E-state index contributed by atoms with van der Waals surface area (Å²) in [4.78, 5) is 14.6. The van der Waals surface area contributed by atoms with Gasteiger partial charge in [0.1, 0.15) is 0 Å². The van der Waals surface area contributed by atoms with Crippen LogP contribution in [0, 0.1) is 12.8 Å². The number of piperidine rings is 1. The van der Waals surface area contributed by atoms with E-state index < -0.39 is 0 Å². The van der Waals surface area contributed by atoms with Gasteiger partial charge in [0.05, 0.1) is 0 Å². The van der Waals surface area contributed by atoms with Crippen molar-refractivity contribution < 1.29 is 4.79 Å². The van der Waals surface area contributed by atoms with Crippen molar-refractivity contribution in [2.75, 3.05) is 19.6 Å². The molecule has 0 radical (unpaired) electrons. The van der Waals surface area contributed by atoms with Crippen LogP contribution in [0.5, 0.6) is 0 Å². The lowest BCUT2D eigenvalue weighted by Crippen LogP contribution is -2.45. The van der Waals surface area contributed by atoms with E-state index in [0.717, 1.165) is 49.5 Å². The molecule has 114 valence electrons. The first-order chi connectivity index (χ1) is 10.1. The van der Waals surface area contributed by atoms with Crippen LogP contribution in [0.3, 0.4) is 0 Å². The van der Waals surface area contributed by atoms with E-state index in [2.05, 4.69) is 5.32 Å². The standard InChI is InChI=1S/C17H23ClN2O/c1-12-2-5-14(18)10-16(12)17(21)20-8-6-15(7-9-20)19-11-13-3-4-13/h2,5,10,13,15,19H,3-4,6-9,11H2,1H3. The Morgan fingerprint density at radius 3 is 2.67 bits per heavy atom. The van der Waals surface area contributed by atoms with Crippen LogP contribution in [-0.2, 0) is 0 Å². The van der Waals surface area contributed by atoms with Gasteiger partial charge in [-0.2, -0.15) is 0 Å². The first kappa shape index (κ1) is 14.9. The SMILES string of the molecule is Cc1ccc(Cl)cc1C(=O)N1CCC(NCC2CC2)CC1. The molecule has 2 aliphatic rings. The van der Waals surface area contributed by atoms with Gasteiger partial charge in [-0.25, -0.2) is 0 Å². The second-order valence-electron chi connectivity index (χ2n) is 6.38. The molecule has 1 aromatic carbocycles. The van der Waals surface area contributed by atoms with E-state index in [-0.39, 0.29) is 5.91 Å². The smallest absolute Gasteiger partial charge is 0.254 e. The summed E-state index contributed by atoms with van der Waals surface area (Å²) in [6, 6.07) is 6.12. The van der Waals surface area contributed by atoms with Crippen molar-refractivity contribution in [2.45, 2.75) is 38.6 Å². The van der Waals surface area contributed by atoms with Gasteiger partial charge in [0.15, 0.2) is 0 Å². The highest BCUT2D eigenvalue weighted by atomic mass is 35.5. The number of nitrogens with zero attached hydrogens (tertiary/aromatic N) is 1. The van der Waals surface area contributed by atoms with E-state index in [9.17, 15) is 4.79 Å². The summed E-state index contributed by atoms with van der Waals surface area (Å²) in [5.41, 5.74) is 1.74. The second-order valence-corrected chi connectivity index (χ2v) is 6.81. The highest BCUT2D eigenvalue weighted by molar-refractivity contribution is 6.31. The lowest BCUT2D eigenvalue weighted by atomic mass is 10.0. The molecule has 1 aromatic rings. The van der Waals surface area contributed by atoms with Gasteiger partial charge in [-0.15, -0.1) is 0 Å². The molecule has 1 saturated carbocycles. The van der Waals surface area contributed by atoms with Crippen molar-refractivity contribution in [2.24, 2.45) is 5.92 Å². The number of likely N-dealkylation sites (tertiary alicyclic amines) is 1. The zero-order valence-corrected chi connectivity index (χ0v) is 13.3. The number of hydrogen-bond donors (Lipinski definition) is 1. The maximum Gasteiger partial charge on any atom is 0.254 e. The fraction of sp³-hybridized carbons (Fsp3) is 0.588. The molecule has 0 aromatic heterocycles. The Balaban J connectivity index is 1.55. The van der Waals surface area contributed by atoms with E-state index in [1.807, 2.05) is 24.0 Å². The van der Waals surface area contributed by atoms with Crippen molar-refractivity contribution in [3.8, 4) is 0 Å². The third-order valence-electron chi connectivity index (χ3n) is 4.60. The minimum Gasteiger partial charge on any atom is -0.339 e. The molecule has 2 fully saturated rings. The Morgan fingerprint density at radius 2 is 2.00 bits per heavy atom. The zero-order valence-electron chi connectivity index (χ0n) is 12.6. The second kappa shape index (κ2) is 6.37. The van der Waals surface area contributed by atoms with Crippen LogP contribution < -0.4 is 5.32 Å². The number of carbonyl (C=O) groups is 1. The largest absolute Gasteiger partial charge is 0.339 e. The van der Waals surface area contributed by atoms with Crippen LogP contribution in [0.1, 0.15) is 41.6 Å². The number of aryl methyl sites for hydroxylation is 1. The fourth-order valence-corrected chi connectivity index (χ4v) is 3.11. The van der Waals surface area contributed by atoms with E-state index >= 15 is 0 Å². The van der Waals surface area contributed by atoms with Crippen LogP contribution >= 0.6 is 11.6 Å². The molecule has 1 saturated heterocycles. The van der Waals surface area contributed by atoms with Crippen LogP contribution in [0.25, 0.3) is 0 Å². The molecule has 3 rings (SSSR count). The summed E-state index contributed by atoms with van der Waals surface area (Å²) >= 11 is 6.02. The highest BCUT2D eigenvalue weighted by Crippen LogP contribution is 2.28. The average Bonchev–Trinajstić information content (AvgIpc) is 3.32. The van der Waals surface area contributed by atoms with Crippen LogP contribution in [-0.4, -0.2) is 36.5 Å². The molecule has 1 aliphatic carbocycles. The Kier molecular flexibility index (Phi) is 4.51. The summed E-state index contributed by atoms with van der Waals surface area (Å²) in [7, 11) is 0. The number of rotatable bonds is 4. The van der Waals surface area contributed by atoms with E-state index in [1.165, 1.54) is 12.8 Å². The third-order valence-corrected chi connectivity index (χ3v) is 4.84. The van der Waals surface area contributed by atoms with Crippen molar-refractivity contribution in [3.63, 3.8) is 0 Å². The lowest BCUT2D eigenvalue weighted by molar-refractivity contribution is 0.0704. The molecule has 0 atom stereocenters. The van der Waals surface area contributed by atoms with Gasteiger partial charge in [-0.1, -0.05) is 17.7 Å². The molecule has 1 heterocycles. The van der Waals surface area contributed by atoms with Gasteiger partial charge in [0, 0.05) is 29.7 Å². The maximum absolute atomic E-state index is 12.6. The quantitative estimate of drug-likeness (QED) is 0.926. The monoisotopic (exact) mass is 306 g/mol. The molecule has 21 heavy (non-hydrogen) atoms. The molecule has 4 heteroatoms. The molecule has 0 unspecified atom stereocenters. The average molecular weight is 307 g/mol. The number of nitrogens with one attached hydrogen (secondary N) is 1. The summed E-state index contributed by atoms with van der Waals surface area (Å²) in [6.45, 7) is 4.81. The Morgan fingerprint density at radius 1 is 1.29 bits per heavy atom. The number of hydrogen-bond acceptors (Lipinski definition) is 2. The van der Waals surface area contributed by atoms with Gasteiger partial charge < -0.3 is 10.2 Å². The van der Waals surface area contributed by atoms with Crippen LogP contribution in [0.2, 0.25) is 5.02 Å². The van der Waals surface area contributed by atoms with Crippen molar-refractivity contribution in [1.29, 1.82) is 0 Å². The van der Waals surface area contributed by atoms with Gasteiger partial charge >= 0.3 is 0 Å². The number of carbonyl (C=O) groups excluding carboxylic acids is 1. The van der Waals surface area contributed by atoms with Crippen molar-refractivity contribution in [1.82, 2.24) is 10.2 Å². The molecular weight excluding hydrogens is 284 g/mol. The maximum atomic E-state index is 12.6. The minimum absolute atomic E-state index is 0.121. The fourth-order valence-electron chi connectivity index (χ4n) is 2.94. The summed E-state index contributed by atoms with van der Waals surface area (Å²) in [5.74, 6) is 1.04. The van der Waals surface area contributed by atoms with Gasteiger partial charge in [0.2, 0.25) is 0 Å². The number of benzene rings is 1. The zero-order chi connectivity index (χ0) is 14.8.